The Morgan fingerprint density at radius 3 is 2.61 bits per heavy atom. The number of carbonyl (C=O) groups excluding carboxylic acids is 1. The lowest BCUT2D eigenvalue weighted by Crippen LogP contribution is -2.31. The standard InChI is InChI=1S/C29H29N5O2/c1-18-11-13-22(14-12-18)16-36-24-9-6-8-23(15-24)27-26(21(4)32-29-30-17-31-34(27)29)28(35)33-25-10-5-7-19(2)20(25)3/h5-15,17,27H,16H2,1-4H3,(H,33,35)(H,30,31,32). The summed E-state index contributed by atoms with van der Waals surface area (Å²) in [6, 6.07) is 21.5. The Labute approximate surface area is 210 Å². The molecule has 1 atom stereocenters. The highest BCUT2D eigenvalue weighted by Crippen LogP contribution is 2.36. The van der Waals surface area contributed by atoms with Gasteiger partial charge in [-0.2, -0.15) is 10.1 Å². The molecule has 7 heteroatoms. The van der Waals surface area contributed by atoms with Crippen molar-refractivity contribution in [2.75, 3.05) is 10.6 Å². The lowest BCUT2D eigenvalue weighted by atomic mass is 9.94. The third kappa shape index (κ3) is 4.60. The molecule has 1 amide bonds. The maximum absolute atomic E-state index is 13.7. The molecule has 0 bridgehead atoms. The number of aryl methyl sites for hydroxylation is 2. The number of hydrogen-bond acceptors (Lipinski definition) is 5. The molecule has 1 aliphatic heterocycles. The zero-order chi connectivity index (χ0) is 25.2. The number of rotatable bonds is 6. The minimum Gasteiger partial charge on any atom is -0.489 e. The second-order valence-corrected chi connectivity index (χ2v) is 9.14. The molecule has 0 saturated carbocycles. The number of ether oxygens (including phenoxy) is 1. The van der Waals surface area contributed by atoms with Gasteiger partial charge in [-0.25, -0.2) is 4.68 Å². The average Bonchev–Trinajstić information content (AvgIpc) is 3.34. The summed E-state index contributed by atoms with van der Waals surface area (Å²) in [5, 5.41) is 10.8. The number of amides is 1. The van der Waals surface area contributed by atoms with E-state index in [-0.39, 0.29) is 5.91 Å². The normalized spacial score (nSPS) is 14.7. The third-order valence-corrected chi connectivity index (χ3v) is 6.59. The van der Waals surface area contributed by atoms with Gasteiger partial charge < -0.3 is 15.4 Å². The van der Waals surface area contributed by atoms with E-state index in [1.54, 1.807) is 4.68 Å². The average molecular weight is 480 g/mol. The number of aromatic nitrogens is 3. The first-order valence-corrected chi connectivity index (χ1v) is 11.9. The van der Waals surface area contributed by atoms with Crippen molar-refractivity contribution in [3.05, 3.63) is 112 Å². The summed E-state index contributed by atoms with van der Waals surface area (Å²) < 4.78 is 7.84. The molecule has 1 unspecified atom stereocenters. The van der Waals surface area contributed by atoms with Crippen molar-refractivity contribution in [1.82, 2.24) is 14.8 Å². The molecule has 1 aromatic heterocycles. The number of anilines is 2. The molecule has 5 rings (SSSR count). The number of fused-ring (bicyclic) bond motifs is 1. The predicted molar refractivity (Wildman–Crippen MR) is 141 cm³/mol. The maximum Gasteiger partial charge on any atom is 0.255 e. The first-order valence-electron chi connectivity index (χ1n) is 11.9. The van der Waals surface area contributed by atoms with Gasteiger partial charge in [0, 0.05) is 11.4 Å². The zero-order valence-corrected chi connectivity index (χ0v) is 20.9. The summed E-state index contributed by atoms with van der Waals surface area (Å²) in [7, 11) is 0. The second-order valence-electron chi connectivity index (χ2n) is 9.14. The van der Waals surface area contributed by atoms with Crippen LogP contribution in [0.5, 0.6) is 5.75 Å². The summed E-state index contributed by atoms with van der Waals surface area (Å²) in [5.74, 6) is 1.12. The van der Waals surface area contributed by atoms with Crippen molar-refractivity contribution in [2.45, 2.75) is 40.3 Å². The van der Waals surface area contributed by atoms with Crippen LogP contribution in [0.1, 0.15) is 40.8 Å². The summed E-state index contributed by atoms with van der Waals surface area (Å²) in [6.45, 7) is 8.45. The minimum absolute atomic E-state index is 0.189. The minimum atomic E-state index is -0.461. The fraction of sp³-hybridized carbons (Fsp3) is 0.207. The highest BCUT2D eigenvalue weighted by atomic mass is 16.5. The summed E-state index contributed by atoms with van der Waals surface area (Å²) in [5.41, 5.74) is 7.44. The number of carbonyl (C=O) groups is 1. The molecule has 2 heterocycles. The van der Waals surface area contributed by atoms with E-state index >= 15 is 0 Å². The zero-order valence-electron chi connectivity index (χ0n) is 20.9. The Hall–Kier alpha value is -4.39. The number of allylic oxidation sites excluding steroid dienone is 1. The molecule has 0 fully saturated rings. The Balaban J connectivity index is 1.47. The molecule has 0 aliphatic carbocycles. The van der Waals surface area contributed by atoms with Gasteiger partial charge in [-0.15, -0.1) is 0 Å². The highest BCUT2D eigenvalue weighted by molar-refractivity contribution is 6.06. The van der Waals surface area contributed by atoms with Crippen LogP contribution in [0.2, 0.25) is 0 Å². The largest absolute Gasteiger partial charge is 0.489 e. The van der Waals surface area contributed by atoms with E-state index in [1.807, 2.05) is 63.2 Å². The molecule has 7 nitrogen and oxygen atoms in total. The summed E-state index contributed by atoms with van der Waals surface area (Å²) >= 11 is 0. The van der Waals surface area contributed by atoms with Crippen LogP contribution < -0.4 is 15.4 Å². The van der Waals surface area contributed by atoms with Gasteiger partial charge in [0.2, 0.25) is 5.95 Å². The lowest BCUT2D eigenvalue weighted by Gasteiger charge is -2.29. The Kier molecular flexibility index (Phi) is 6.29. The van der Waals surface area contributed by atoms with Gasteiger partial charge in [-0.1, -0.05) is 54.1 Å². The summed E-state index contributed by atoms with van der Waals surface area (Å²) in [4.78, 5) is 18.0. The van der Waals surface area contributed by atoms with Crippen molar-refractivity contribution in [2.24, 2.45) is 0 Å². The molecule has 3 aromatic carbocycles. The number of hydrogen-bond donors (Lipinski definition) is 2. The SMILES string of the molecule is CC1=C(C(=O)Nc2cccc(C)c2C)C(c2cccc(OCc3ccc(C)cc3)c2)n2ncnc2N1. The fourth-order valence-electron chi connectivity index (χ4n) is 4.39. The first-order chi connectivity index (χ1) is 17.4. The van der Waals surface area contributed by atoms with Crippen LogP contribution in [-0.4, -0.2) is 20.7 Å². The van der Waals surface area contributed by atoms with Crippen molar-refractivity contribution < 1.29 is 9.53 Å². The Morgan fingerprint density at radius 1 is 1.03 bits per heavy atom. The van der Waals surface area contributed by atoms with Gasteiger partial charge >= 0.3 is 0 Å². The molecule has 0 saturated heterocycles. The van der Waals surface area contributed by atoms with E-state index in [1.165, 1.54) is 11.9 Å². The second kappa shape index (κ2) is 9.70. The molecular weight excluding hydrogens is 450 g/mol. The van der Waals surface area contributed by atoms with Gasteiger partial charge in [-0.05, 0) is 68.1 Å². The van der Waals surface area contributed by atoms with E-state index < -0.39 is 6.04 Å². The fourth-order valence-corrected chi connectivity index (χ4v) is 4.39. The van der Waals surface area contributed by atoms with Gasteiger partial charge in [0.05, 0.1) is 5.57 Å². The third-order valence-electron chi connectivity index (χ3n) is 6.59. The van der Waals surface area contributed by atoms with Gasteiger partial charge in [-0.3, -0.25) is 4.79 Å². The van der Waals surface area contributed by atoms with Gasteiger partial charge in [0.25, 0.3) is 5.91 Å². The van der Waals surface area contributed by atoms with E-state index in [4.69, 9.17) is 4.74 Å². The topological polar surface area (TPSA) is 81.1 Å². The first kappa shape index (κ1) is 23.4. The molecule has 1 aliphatic rings. The predicted octanol–water partition coefficient (Wildman–Crippen LogP) is 5.71. The smallest absolute Gasteiger partial charge is 0.255 e. The van der Waals surface area contributed by atoms with Crippen molar-refractivity contribution in [3.63, 3.8) is 0 Å². The Morgan fingerprint density at radius 2 is 1.81 bits per heavy atom. The molecule has 4 aromatic rings. The van der Waals surface area contributed by atoms with Crippen molar-refractivity contribution >= 4 is 17.5 Å². The molecule has 2 N–H and O–H groups in total. The maximum atomic E-state index is 13.7. The monoisotopic (exact) mass is 479 g/mol. The van der Waals surface area contributed by atoms with Crippen molar-refractivity contribution in [3.8, 4) is 5.75 Å². The van der Waals surface area contributed by atoms with Gasteiger partial charge in [0.1, 0.15) is 24.7 Å². The summed E-state index contributed by atoms with van der Waals surface area (Å²) in [6.07, 6.45) is 1.49. The van der Waals surface area contributed by atoms with Crippen LogP contribution in [0.25, 0.3) is 0 Å². The van der Waals surface area contributed by atoms with Crippen LogP contribution in [-0.2, 0) is 11.4 Å². The van der Waals surface area contributed by atoms with E-state index in [0.717, 1.165) is 39.4 Å². The highest BCUT2D eigenvalue weighted by Gasteiger charge is 2.33. The molecule has 182 valence electrons. The van der Waals surface area contributed by atoms with Gasteiger partial charge in [0.15, 0.2) is 0 Å². The Bertz CT molecular complexity index is 1450. The van der Waals surface area contributed by atoms with E-state index in [0.29, 0.717) is 18.1 Å². The number of nitrogens with zero attached hydrogens (tertiary/aromatic N) is 3. The van der Waals surface area contributed by atoms with Crippen LogP contribution in [0.3, 0.4) is 0 Å². The van der Waals surface area contributed by atoms with E-state index in [2.05, 4.69) is 51.9 Å². The van der Waals surface area contributed by atoms with E-state index in [9.17, 15) is 4.79 Å². The number of nitrogens with one attached hydrogen (secondary N) is 2. The number of benzene rings is 3. The molecular formula is C29H29N5O2. The van der Waals surface area contributed by atoms with Crippen LogP contribution >= 0.6 is 0 Å². The van der Waals surface area contributed by atoms with Crippen LogP contribution in [0, 0.1) is 20.8 Å². The quantitative estimate of drug-likeness (QED) is 0.370. The lowest BCUT2D eigenvalue weighted by molar-refractivity contribution is -0.113. The molecule has 0 spiro atoms. The molecule has 36 heavy (non-hydrogen) atoms. The van der Waals surface area contributed by atoms with Crippen molar-refractivity contribution in [1.29, 1.82) is 0 Å². The van der Waals surface area contributed by atoms with Crippen LogP contribution in [0.15, 0.2) is 84.3 Å². The van der Waals surface area contributed by atoms with Crippen LogP contribution in [0.4, 0.5) is 11.6 Å². The molecule has 0 radical (unpaired) electrons.